The summed E-state index contributed by atoms with van der Waals surface area (Å²) in [7, 11) is 0. The van der Waals surface area contributed by atoms with E-state index in [0.29, 0.717) is 31.1 Å². The van der Waals surface area contributed by atoms with Crippen LogP contribution in [0.15, 0.2) is 48.5 Å². The summed E-state index contributed by atoms with van der Waals surface area (Å²) in [4.78, 5) is 10.6. The number of carboxylic acid groups (broad SMARTS) is 1. The van der Waals surface area contributed by atoms with E-state index in [1.807, 2.05) is 24.3 Å². The molecule has 26 heavy (non-hydrogen) atoms. The number of rotatable bonds is 12. The van der Waals surface area contributed by atoms with Crippen LogP contribution in [0.2, 0.25) is 0 Å². The van der Waals surface area contributed by atoms with E-state index in [-0.39, 0.29) is 6.42 Å². The maximum Gasteiger partial charge on any atom is 0.303 e. The maximum absolute atomic E-state index is 10.6. The van der Waals surface area contributed by atoms with E-state index in [2.05, 4.69) is 31.2 Å². The van der Waals surface area contributed by atoms with Gasteiger partial charge < -0.3 is 14.6 Å². The molecule has 0 unspecified atom stereocenters. The summed E-state index contributed by atoms with van der Waals surface area (Å²) in [6.45, 7) is 3.05. The van der Waals surface area contributed by atoms with Gasteiger partial charge in [-0.25, -0.2) is 0 Å². The van der Waals surface area contributed by atoms with Crippen molar-refractivity contribution in [3.63, 3.8) is 0 Å². The van der Waals surface area contributed by atoms with Crippen molar-refractivity contribution in [2.45, 2.75) is 52.1 Å². The first-order valence-electron chi connectivity index (χ1n) is 9.33. The fourth-order valence-corrected chi connectivity index (χ4v) is 2.64. The lowest BCUT2D eigenvalue weighted by atomic mass is 10.1. The van der Waals surface area contributed by atoms with E-state index in [0.717, 1.165) is 12.0 Å². The number of ether oxygens (including phenoxy) is 2. The molecular weight excluding hydrogens is 328 g/mol. The van der Waals surface area contributed by atoms with E-state index >= 15 is 0 Å². The summed E-state index contributed by atoms with van der Waals surface area (Å²) in [5.41, 5.74) is 2.48. The minimum atomic E-state index is -0.809. The van der Waals surface area contributed by atoms with Gasteiger partial charge in [0.25, 0.3) is 0 Å². The highest BCUT2D eigenvalue weighted by Crippen LogP contribution is 2.27. The van der Waals surface area contributed by atoms with Crippen molar-refractivity contribution in [3.05, 3.63) is 59.7 Å². The highest BCUT2D eigenvalue weighted by molar-refractivity contribution is 5.66. The number of hydrogen-bond acceptors (Lipinski definition) is 3. The average molecular weight is 356 g/mol. The number of aliphatic carboxylic acids is 1. The first-order chi connectivity index (χ1) is 12.7. The summed E-state index contributed by atoms with van der Waals surface area (Å²) in [6.07, 6.45) is 5.45. The molecule has 1 N–H and O–H groups in total. The van der Waals surface area contributed by atoms with Gasteiger partial charge in [0, 0.05) is 6.42 Å². The number of unbranched alkanes of at least 4 members (excludes halogenated alkanes) is 2. The molecule has 4 heteroatoms. The van der Waals surface area contributed by atoms with Crippen LogP contribution in [0.25, 0.3) is 0 Å². The predicted octanol–water partition coefficient (Wildman–Crippen LogP) is 5.24. The molecule has 0 aromatic heterocycles. The second-order valence-electron chi connectivity index (χ2n) is 6.35. The zero-order valence-corrected chi connectivity index (χ0v) is 15.4. The molecule has 0 saturated heterocycles. The van der Waals surface area contributed by atoms with Crippen LogP contribution >= 0.6 is 0 Å². The molecule has 0 spiro atoms. The summed E-state index contributed by atoms with van der Waals surface area (Å²) in [5, 5.41) is 8.68. The van der Waals surface area contributed by atoms with E-state index in [9.17, 15) is 4.79 Å². The zero-order chi connectivity index (χ0) is 18.6. The lowest BCUT2D eigenvalue weighted by Gasteiger charge is -2.12. The predicted molar refractivity (Wildman–Crippen MR) is 103 cm³/mol. The van der Waals surface area contributed by atoms with Gasteiger partial charge in [-0.05, 0) is 42.5 Å². The monoisotopic (exact) mass is 356 g/mol. The SMILES string of the molecule is CCCCCc1ccc(COc2ccccc2OCCCC(=O)O)cc1. The van der Waals surface area contributed by atoms with Crippen molar-refractivity contribution in [2.24, 2.45) is 0 Å². The van der Waals surface area contributed by atoms with Gasteiger partial charge in [-0.1, -0.05) is 56.2 Å². The van der Waals surface area contributed by atoms with E-state index in [4.69, 9.17) is 14.6 Å². The molecular formula is C22H28O4. The second kappa shape index (κ2) is 11.2. The molecule has 2 aromatic carbocycles. The Morgan fingerprint density at radius 1 is 0.885 bits per heavy atom. The summed E-state index contributed by atoms with van der Waals surface area (Å²) in [6, 6.07) is 16.0. The number of benzene rings is 2. The van der Waals surface area contributed by atoms with Crippen molar-refractivity contribution >= 4 is 5.97 Å². The number of hydrogen-bond donors (Lipinski definition) is 1. The van der Waals surface area contributed by atoms with Crippen molar-refractivity contribution in [1.82, 2.24) is 0 Å². The van der Waals surface area contributed by atoms with Crippen LogP contribution in [0.1, 0.15) is 50.2 Å². The highest BCUT2D eigenvalue weighted by atomic mass is 16.5. The third-order valence-corrected chi connectivity index (χ3v) is 4.13. The first-order valence-corrected chi connectivity index (χ1v) is 9.33. The molecule has 2 rings (SSSR count). The van der Waals surface area contributed by atoms with E-state index in [1.54, 1.807) is 0 Å². The Morgan fingerprint density at radius 2 is 1.54 bits per heavy atom. The Labute approximate surface area is 155 Å². The van der Waals surface area contributed by atoms with Crippen LogP contribution in [-0.2, 0) is 17.8 Å². The number of carbonyl (C=O) groups is 1. The second-order valence-corrected chi connectivity index (χ2v) is 6.35. The molecule has 140 valence electrons. The fraction of sp³-hybridized carbons (Fsp3) is 0.409. The smallest absolute Gasteiger partial charge is 0.303 e. The molecule has 0 bridgehead atoms. The van der Waals surface area contributed by atoms with Crippen molar-refractivity contribution < 1.29 is 19.4 Å². The lowest BCUT2D eigenvalue weighted by molar-refractivity contribution is -0.137. The molecule has 0 aliphatic carbocycles. The van der Waals surface area contributed by atoms with E-state index in [1.165, 1.54) is 24.8 Å². The minimum absolute atomic E-state index is 0.105. The van der Waals surface area contributed by atoms with Crippen LogP contribution in [-0.4, -0.2) is 17.7 Å². The Hall–Kier alpha value is -2.49. The largest absolute Gasteiger partial charge is 0.490 e. The molecule has 0 radical (unpaired) electrons. The van der Waals surface area contributed by atoms with Crippen LogP contribution < -0.4 is 9.47 Å². The van der Waals surface area contributed by atoms with E-state index < -0.39 is 5.97 Å². The summed E-state index contributed by atoms with van der Waals surface area (Å²) < 4.78 is 11.6. The molecule has 0 saturated carbocycles. The van der Waals surface area contributed by atoms with Gasteiger partial charge in [0.1, 0.15) is 6.61 Å². The molecule has 0 aliphatic heterocycles. The normalized spacial score (nSPS) is 10.5. The summed E-state index contributed by atoms with van der Waals surface area (Å²) in [5.74, 6) is 0.514. The Bertz CT molecular complexity index is 664. The number of para-hydroxylation sites is 2. The maximum atomic E-state index is 10.6. The van der Waals surface area contributed by atoms with Crippen LogP contribution in [0.4, 0.5) is 0 Å². The van der Waals surface area contributed by atoms with Crippen LogP contribution in [0, 0.1) is 0 Å². The van der Waals surface area contributed by atoms with Gasteiger partial charge in [-0.2, -0.15) is 0 Å². The van der Waals surface area contributed by atoms with Gasteiger partial charge in [0.2, 0.25) is 0 Å². The minimum Gasteiger partial charge on any atom is -0.490 e. The number of carboxylic acids is 1. The van der Waals surface area contributed by atoms with Gasteiger partial charge in [0.15, 0.2) is 11.5 Å². The first kappa shape index (κ1) is 19.8. The van der Waals surface area contributed by atoms with Crippen molar-refractivity contribution in [1.29, 1.82) is 0 Å². The molecule has 0 aliphatic rings. The Morgan fingerprint density at radius 3 is 2.19 bits per heavy atom. The molecule has 2 aromatic rings. The standard InChI is InChI=1S/C22H28O4/c1-2-3-4-8-18-12-14-19(15-13-18)17-26-21-10-6-5-9-20(21)25-16-7-11-22(23)24/h5-6,9-10,12-15H,2-4,7-8,11,16-17H2,1H3,(H,23,24). The molecule has 0 fully saturated rings. The topological polar surface area (TPSA) is 55.8 Å². The van der Waals surface area contributed by atoms with Gasteiger partial charge in [-0.15, -0.1) is 0 Å². The molecule has 0 amide bonds. The third-order valence-electron chi connectivity index (χ3n) is 4.13. The summed E-state index contributed by atoms with van der Waals surface area (Å²) >= 11 is 0. The quantitative estimate of drug-likeness (QED) is 0.528. The molecule has 4 nitrogen and oxygen atoms in total. The Kier molecular flexibility index (Phi) is 8.53. The molecule has 0 heterocycles. The number of aryl methyl sites for hydroxylation is 1. The van der Waals surface area contributed by atoms with Crippen molar-refractivity contribution in [2.75, 3.05) is 6.61 Å². The van der Waals surface area contributed by atoms with Crippen LogP contribution in [0.5, 0.6) is 11.5 Å². The fourth-order valence-electron chi connectivity index (χ4n) is 2.64. The average Bonchev–Trinajstić information content (AvgIpc) is 2.65. The highest BCUT2D eigenvalue weighted by Gasteiger charge is 2.06. The molecule has 0 atom stereocenters. The zero-order valence-electron chi connectivity index (χ0n) is 15.4. The van der Waals surface area contributed by atoms with Crippen molar-refractivity contribution in [3.8, 4) is 11.5 Å². The van der Waals surface area contributed by atoms with Gasteiger partial charge in [-0.3, -0.25) is 4.79 Å². The lowest BCUT2D eigenvalue weighted by Crippen LogP contribution is -2.04. The third kappa shape index (κ3) is 7.18. The Balaban J connectivity index is 1.84. The van der Waals surface area contributed by atoms with Gasteiger partial charge >= 0.3 is 5.97 Å². The van der Waals surface area contributed by atoms with Gasteiger partial charge in [0.05, 0.1) is 6.61 Å². The van der Waals surface area contributed by atoms with Crippen LogP contribution in [0.3, 0.4) is 0 Å².